The summed E-state index contributed by atoms with van der Waals surface area (Å²) in [5.74, 6) is 0.899. The van der Waals surface area contributed by atoms with E-state index >= 15 is 0 Å². The van der Waals surface area contributed by atoms with Gasteiger partial charge in [-0.3, -0.25) is 9.79 Å². The van der Waals surface area contributed by atoms with Crippen molar-refractivity contribution < 1.29 is 4.79 Å². The summed E-state index contributed by atoms with van der Waals surface area (Å²) >= 11 is 0. The van der Waals surface area contributed by atoms with Crippen LogP contribution in [0.25, 0.3) is 0 Å². The first-order valence-electron chi connectivity index (χ1n) is 6.68. The number of nitrogens with zero attached hydrogens (tertiary/aromatic N) is 4. The number of halogens is 1. The fourth-order valence-electron chi connectivity index (χ4n) is 1.87. The summed E-state index contributed by atoms with van der Waals surface area (Å²) in [5.41, 5.74) is 1.21. The predicted octanol–water partition coefficient (Wildman–Crippen LogP) is 1.13. The topological polar surface area (TPSA) is 52.9 Å². The maximum atomic E-state index is 11.5. The third-order valence-electron chi connectivity index (χ3n) is 3.14. The van der Waals surface area contributed by atoms with Crippen molar-refractivity contribution in [2.75, 3.05) is 34.7 Å². The number of aromatic nitrogens is 1. The minimum atomic E-state index is 0. The van der Waals surface area contributed by atoms with Gasteiger partial charge in [-0.1, -0.05) is 0 Å². The Hall–Kier alpha value is -1.25. The van der Waals surface area contributed by atoms with Crippen LogP contribution >= 0.6 is 24.0 Å². The van der Waals surface area contributed by atoms with E-state index in [0.29, 0.717) is 13.0 Å². The quantitative estimate of drug-likeness (QED) is 0.453. The lowest BCUT2D eigenvalue weighted by atomic mass is 10.3. The number of carbonyl (C=O) groups excluding carboxylic acids is 1. The Kier molecular flexibility index (Phi) is 9.07. The minimum absolute atomic E-state index is 0. The molecule has 1 aromatic rings. The van der Waals surface area contributed by atoms with Crippen molar-refractivity contribution in [3.05, 3.63) is 24.0 Å². The van der Waals surface area contributed by atoms with Gasteiger partial charge in [0.2, 0.25) is 5.91 Å². The zero-order valence-corrected chi connectivity index (χ0v) is 15.8. The molecule has 21 heavy (non-hydrogen) atoms. The van der Waals surface area contributed by atoms with Crippen LogP contribution in [0.4, 0.5) is 0 Å². The lowest BCUT2D eigenvalue weighted by Gasteiger charge is -2.22. The molecule has 0 aromatic carbocycles. The number of nitrogens with one attached hydrogen (secondary N) is 1. The zero-order chi connectivity index (χ0) is 15.1. The van der Waals surface area contributed by atoms with Crippen molar-refractivity contribution in [1.82, 2.24) is 19.7 Å². The van der Waals surface area contributed by atoms with Gasteiger partial charge >= 0.3 is 0 Å². The van der Waals surface area contributed by atoms with Gasteiger partial charge in [0.25, 0.3) is 0 Å². The lowest BCUT2D eigenvalue weighted by molar-refractivity contribution is -0.128. The van der Waals surface area contributed by atoms with Gasteiger partial charge in [-0.2, -0.15) is 0 Å². The maximum absolute atomic E-state index is 11.5. The number of amides is 1. The molecule has 0 aliphatic heterocycles. The Morgan fingerprint density at radius 1 is 1.38 bits per heavy atom. The largest absolute Gasteiger partial charge is 0.356 e. The van der Waals surface area contributed by atoms with Gasteiger partial charge in [0.05, 0.1) is 6.54 Å². The van der Waals surface area contributed by atoms with Gasteiger partial charge in [0.1, 0.15) is 0 Å². The van der Waals surface area contributed by atoms with E-state index in [0.717, 1.165) is 12.5 Å². The van der Waals surface area contributed by atoms with Crippen LogP contribution in [-0.4, -0.2) is 61.0 Å². The Bertz CT molecular complexity index is 470. The fraction of sp³-hybridized carbons (Fsp3) is 0.571. The van der Waals surface area contributed by atoms with Crippen molar-refractivity contribution in [3.63, 3.8) is 0 Å². The molecule has 1 amide bonds. The molecule has 1 heterocycles. The van der Waals surface area contributed by atoms with E-state index in [2.05, 4.69) is 20.9 Å². The Balaban J connectivity index is 0.00000400. The molecule has 0 radical (unpaired) electrons. The molecule has 0 saturated heterocycles. The molecule has 0 saturated carbocycles. The highest BCUT2D eigenvalue weighted by atomic mass is 127. The van der Waals surface area contributed by atoms with Crippen LogP contribution in [0, 0.1) is 0 Å². The molecule has 1 N–H and O–H groups in total. The van der Waals surface area contributed by atoms with E-state index in [1.165, 1.54) is 5.69 Å². The molecular weight excluding hydrogens is 381 g/mol. The molecule has 1 aromatic heterocycles. The van der Waals surface area contributed by atoms with Crippen LogP contribution in [0.3, 0.4) is 0 Å². The maximum Gasteiger partial charge on any atom is 0.223 e. The number of hydrogen-bond donors (Lipinski definition) is 1. The molecule has 0 unspecified atom stereocenters. The van der Waals surface area contributed by atoms with Crippen LogP contribution in [0.15, 0.2) is 23.3 Å². The van der Waals surface area contributed by atoms with E-state index in [1.54, 1.807) is 26.0 Å². The second-order valence-corrected chi connectivity index (χ2v) is 4.98. The Morgan fingerprint density at radius 3 is 2.52 bits per heavy atom. The summed E-state index contributed by atoms with van der Waals surface area (Å²) < 4.78 is 2.08. The average molecular weight is 407 g/mol. The average Bonchev–Trinajstić information content (AvgIpc) is 2.79. The summed E-state index contributed by atoms with van der Waals surface area (Å²) in [6, 6.07) is 4.11. The minimum Gasteiger partial charge on any atom is -0.356 e. The highest BCUT2D eigenvalue weighted by Gasteiger charge is 2.09. The van der Waals surface area contributed by atoms with E-state index in [9.17, 15) is 4.79 Å². The predicted molar refractivity (Wildman–Crippen MR) is 97.0 cm³/mol. The van der Waals surface area contributed by atoms with Gasteiger partial charge in [0, 0.05) is 60.1 Å². The number of rotatable bonds is 5. The summed E-state index contributed by atoms with van der Waals surface area (Å²) in [5, 5.41) is 3.21. The highest BCUT2D eigenvalue weighted by Crippen LogP contribution is 2.03. The van der Waals surface area contributed by atoms with Crippen molar-refractivity contribution in [2.24, 2.45) is 12.0 Å². The summed E-state index contributed by atoms with van der Waals surface area (Å²) in [4.78, 5) is 19.4. The monoisotopic (exact) mass is 407 g/mol. The normalized spacial score (nSPS) is 10.8. The van der Waals surface area contributed by atoms with Gasteiger partial charge in [-0.15, -0.1) is 24.0 Å². The first-order valence-corrected chi connectivity index (χ1v) is 6.68. The second-order valence-electron chi connectivity index (χ2n) is 4.98. The van der Waals surface area contributed by atoms with Crippen molar-refractivity contribution in [3.8, 4) is 0 Å². The lowest BCUT2D eigenvalue weighted by Crippen LogP contribution is -2.40. The molecular formula is C14H26IN5O. The molecule has 0 fully saturated rings. The molecule has 6 nitrogen and oxygen atoms in total. The fourth-order valence-corrected chi connectivity index (χ4v) is 1.87. The van der Waals surface area contributed by atoms with Crippen molar-refractivity contribution in [2.45, 2.75) is 13.0 Å². The zero-order valence-electron chi connectivity index (χ0n) is 13.5. The smallest absolute Gasteiger partial charge is 0.223 e. The Morgan fingerprint density at radius 2 is 2.05 bits per heavy atom. The van der Waals surface area contributed by atoms with Gasteiger partial charge in [0.15, 0.2) is 5.96 Å². The van der Waals surface area contributed by atoms with Crippen LogP contribution in [0.1, 0.15) is 12.1 Å². The molecule has 0 atom stereocenters. The van der Waals surface area contributed by atoms with Crippen molar-refractivity contribution in [1.29, 1.82) is 0 Å². The standard InChI is InChI=1S/C14H25N5O.HI/c1-15-14(16-9-8-13(20)17(2)3)19(5)11-12-7-6-10-18(12)4;/h6-7,10H,8-9,11H2,1-5H3,(H,15,16);1H. The number of aliphatic imine (C=N–C) groups is 1. The first-order chi connectivity index (χ1) is 9.45. The number of hydrogen-bond acceptors (Lipinski definition) is 2. The van der Waals surface area contributed by atoms with E-state index in [1.807, 2.05) is 31.3 Å². The highest BCUT2D eigenvalue weighted by molar-refractivity contribution is 14.0. The molecule has 0 spiro atoms. The van der Waals surface area contributed by atoms with E-state index in [-0.39, 0.29) is 29.9 Å². The number of carbonyl (C=O) groups is 1. The van der Waals surface area contributed by atoms with Crippen LogP contribution in [0.2, 0.25) is 0 Å². The molecule has 0 aliphatic carbocycles. The van der Waals surface area contributed by atoms with Gasteiger partial charge in [-0.05, 0) is 12.1 Å². The molecule has 120 valence electrons. The molecule has 1 rings (SSSR count). The third kappa shape index (κ3) is 6.36. The van der Waals surface area contributed by atoms with E-state index < -0.39 is 0 Å². The first kappa shape index (κ1) is 19.8. The number of guanidine groups is 1. The Labute approximate surface area is 144 Å². The second kappa shape index (κ2) is 9.64. The third-order valence-corrected chi connectivity index (χ3v) is 3.14. The molecule has 0 aliphatic rings. The molecule has 0 bridgehead atoms. The van der Waals surface area contributed by atoms with Crippen LogP contribution in [-0.2, 0) is 18.4 Å². The van der Waals surface area contributed by atoms with E-state index in [4.69, 9.17) is 0 Å². The van der Waals surface area contributed by atoms with Crippen LogP contribution in [0.5, 0.6) is 0 Å². The van der Waals surface area contributed by atoms with Gasteiger partial charge in [-0.25, -0.2) is 0 Å². The summed E-state index contributed by atoms with van der Waals surface area (Å²) in [6.45, 7) is 1.35. The van der Waals surface area contributed by atoms with Crippen LogP contribution < -0.4 is 5.32 Å². The van der Waals surface area contributed by atoms with Crippen molar-refractivity contribution >= 4 is 35.8 Å². The van der Waals surface area contributed by atoms with Gasteiger partial charge < -0.3 is 19.7 Å². The summed E-state index contributed by atoms with van der Waals surface area (Å²) in [7, 11) is 9.28. The molecule has 7 heteroatoms. The summed E-state index contributed by atoms with van der Waals surface area (Å²) in [6.07, 6.45) is 2.49. The SMILES string of the molecule is CN=C(NCCC(=O)N(C)C)N(C)Cc1cccn1C.I. The number of aryl methyl sites for hydroxylation is 1.